The number of tetrazole rings is 1. The second-order valence-electron chi connectivity index (χ2n) is 7.05. The third-order valence-electron chi connectivity index (χ3n) is 4.38. The molecular weight excluding hydrogens is 364 g/mol. The van der Waals surface area contributed by atoms with E-state index in [0.717, 1.165) is 45.7 Å². The molecule has 0 spiro atoms. The summed E-state index contributed by atoms with van der Waals surface area (Å²) in [6.07, 6.45) is 6.31. The molecule has 0 saturated carbocycles. The minimum atomic E-state index is -0.250. The molecule has 1 aliphatic rings. The van der Waals surface area contributed by atoms with Crippen molar-refractivity contribution in [1.29, 1.82) is 0 Å². The summed E-state index contributed by atoms with van der Waals surface area (Å²) in [5, 5.41) is 17.8. The Bertz CT molecular complexity index is 716. The van der Waals surface area contributed by atoms with Crippen molar-refractivity contribution in [3.8, 4) is 0 Å². The molecule has 3 rings (SSSR count). The van der Waals surface area contributed by atoms with E-state index in [1.165, 1.54) is 16.7 Å². The van der Waals surface area contributed by atoms with Gasteiger partial charge >= 0.3 is 0 Å². The van der Waals surface area contributed by atoms with Crippen molar-refractivity contribution in [1.82, 2.24) is 39.6 Å². The molecule has 11 nitrogen and oxygen atoms in total. The zero-order valence-electron chi connectivity index (χ0n) is 16.4. The number of nitrogens with zero attached hydrogens (tertiary/aromatic N) is 8. The predicted octanol–water partition coefficient (Wildman–Crippen LogP) is -0.0391. The highest BCUT2D eigenvalue weighted by molar-refractivity contribution is 5.75. The van der Waals surface area contributed by atoms with Crippen LogP contribution in [0.5, 0.6) is 0 Å². The van der Waals surface area contributed by atoms with Crippen molar-refractivity contribution < 1.29 is 14.7 Å². The highest BCUT2D eigenvalue weighted by Gasteiger charge is 2.20. The monoisotopic (exact) mass is 392 g/mol. The van der Waals surface area contributed by atoms with Gasteiger partial charge in [0.25, 0.3) is 6.47 Å². The van der Waals surface area contributed by atoms with Crippen LogP contribution in [0, 0.1) is 5.92 Å². The fourth-order valence-electron chi connectivity index (χ4n) is 3.14. The Balaban J connectivity index is 0.000000878. The molecule has 28 heavy (non-hydrogen) atoms. The van der Waals surface area contributed by atoms with E-state index in [1.807, 2.05) is 17.4 Å². The number of carbonyl (C=O) groups is 2. The maximum absolute atomic E-state index is 12.4. The van der Waals surface area contributed by atoms with Crippen LogP contribution in [0.2, 0.25) is 0 Å². The van der Waals surface area contributed by atoms with E-state index in [2.05, 4.69) is 43.8 Å². The topological polar surface area (TPSA) is 122 Å². The number of aromatic nitrogens is 6. The molecule has 1 saturated heterocycles. The Morgan fingerprint density at radius 1 is 1.25 bits per heavy atom. The first kappa shape index (κ1) is 21.5. The summed E-state index contributed by atoms with van der Waals surface area (Å²) in [6, 6.07) is 0. The van der Waals surface area contributed by atoms with Gasteiger partial charge in [-0.05, 0) is 22.8 Å². The Morgan fingerprint density at radius 2 is 2.04 bits per heavy atom. The lowest BCUT2D eigenvalue weighted by Crippen LogP contribution is -2.37. The first-order chi connectivity index (χ1) is 13.5. The summed E-state index contributed by atoms with van der Waals surface area (Å²) in [4.78, 5) is 29.4. The van der Waals surface area contributed by atoms with E-state index in [0.29, 0.717) is 5.92 Å². The average Bonchev–Trinajstić information content (AvgIpc) is 3.23. The molecule has 1 aliphatic heterocycles. The van der Waals surface area contributed by atoms with E-state index < -0.39 is 0 Å². The van der Waals surface area contributed by atoms with Gasteiger partial charge in [0, 0.05) is 45.5 Å². The fraction of sp³-hybridized carbons (Fsp3) is 0.647. The normalized spacial score (nSPS) is 15.0. The minimum absolute atomic E-state index is 0.0685. The maximum atomic E-state index is 12.4. The number of hydrogen-bond acceptors (Lipinski definition) is 7. The summed E-state index contributed by atoms with van der Waals surface area (Å²) in [6.45, 7) is 9.61. The number of carboxylic acid groups (broad SMARTS) is 1. The summed E-state index contributed by atoms with van der Waals surface area (Å²) in [5.74, 6) is 0.662. The van der Waals surface area contributed by atoms with Gasteiger partial charge in [-0.1, -0.05) is 13.8 Å². The van der Waals surface area contributed by atoms with Gasteiger partial charge in [0.1, 0.15) is 12.9 Å². The molecule has 0 aromatic carbocycles. The van der Waals surface area contributed by atoms with Crippen LogP contribution >= 0.6 is 0 Å². The van der Waals surface area contributed by atoms with Gasteiger partial charge in [0.05, 0.1) is 12.0 Å². The van der Waals surface area contributed by atoms with Crippen LogP contribution in [0.15, 0.2) is 18.9 Å². The standard InChI is InChI=1S/C16H26N8O.CH2O2/c1-14(2)9-23-12-17-8-15(23)10-21-4-3-5-22(7-6-21)16(25)11-24-13-18-19-20-24;2-1-3/h8,12-14H,3-7,9-11H2,1-2H3;1H,(H,2,3). The van der Waals surface area contributed by atoms with Crippen LogP contribution in [0.3, 0.4) is 0 Å². The van der Waals surface area contributed by atoms with Crippen LogP contribution in [0.1, 0.15) is 26.0 Å². The summed E-state index contributed by atoms with van der Waals surface area (Å²) in [7, 11) is 0. The van der Waals surface area contributed by atoms with Gasteiger partial charge in [-0.15, -0.1) is 5.10 Å². The molecule has 1 amide bonds. The highest BCUT2D eigenvalue weighted by atomic mass is 16.3. The van der Waals surface area contributed by atoms with Crippen LogP contribution in [-0.4, -0.2) is 83.2 Å². The van der Waals surface area contributed by atoms with E-state index in [-0.39, 0.29) is 18.9 Å². The summed E-state index contributed by atoms with van der Waals surface area (Å²) in [5.41, 5.74) is 1.24. The molecule has 0 bridgehead atoms. The highest BCUT2D eigenvalue weighted by Crippen LogP contribution is 2.11. The zero-order chi connectivity index (χ0) is 20.4. The molecule has 0 radical (unpaired) electrons. The molecule has 154 valence electrons. The van der Waals surface area contributed by atoms with Gasteiger partial charge in [-0.2, -0.15) is 0 Å². The predicted molar refractivity (Wildman–Crippen MR) is 100 cm³/mol. The zero-order valence-corrected chi connectivity index (χ0v) is 16.4. The number of amides is 1. The molecule has 1 fully saturated rings. The lowest BCUT2D eigenvalue weighted by Gasteiger charge is -2.22. The van der Waals surface area contributed by atoms with Gasteiger partial charge < -0.3 is 14.6 Å². The fourth-order valence-corrected chi connectivity index (χ4v) is 3.14. The van der Waals surface area contributed by atoms with Crippen molar-refractivity contribution >= 4 is 12.4 Å². The van der Waals surface area contributed by atoms with Crippen molar-refractivity contribution in [2.75, 3.05) is 26.2 Å². The van der Waals surface area contributed by atoms with Gasteiger partial charge in [-0.3, -0.25) is 14.5 Å². The molecule has 0 unspecified atom stereocenters. The summed E-state index contributed by atoms with van der Waals surface area (Å²) < 4.78 is 3.70. The number of rotatable bonds is 6. The van der Waals surface area contributed by atoms with Crippen LogP contribution in [0.4, 0.5) is 0 Å². The largest absolute Gasteiger partial charge is 0.483 e. The molecule has 2 aromatic heterocycles. The van der Waals surface area contributed by atoms with E-state index >= 15 is 0 Å². The SMILES string of the molecule is CC(C)Cn1cncc1CN1CCCN(C(=O)Cn2cnnn2)CC1.O=CO. The maximum Gasteiger partial charge on any atom is 0.290 e. The lowest BCUT2D eigenvalue weighted by atomic mass is 10.2. The molecule has 3 heterocycles. The van der Waals surface area contributed by atoms with Crippen LogP contribution in [0.25, 0.3) is 0 Å². The molecule has 2 aromatic rings. The van der Waals surface area contributed by atoms with E-state index in [4.69, 9.17) is 9.90 Å². The van der Waals surface area contributed by atoms with Crippen molar-refractivity contribution in [2.24, 2.45) is 5.92 Å². The average molecular weight is 392 g/mol. The molecular formula is C17H28N8O3. The third kappa shape index (κ3) is 6.72. The first-order valence-electron chi connectivity index (χ1n) is 9.31. The Morgan fingerprint density at radius 3 is 2.71 bits per heavy atom. The van der Waals surface area contributed by atoms with Crippen LogP contribution < -0.4 is 0 Å². The second kappa shape index (κ2) is 11.1. The summed E-state index contributed by atoms with van der Waals surface area (Å²) >= 11 is 0. The van der Waals surface area contributed by atoms with E-state index in [1.54, 1.807) is 0 Å². The Kier molecular flexibility index (Phi) is 8.53. The van der Waals surface area contributed by atoms with Crippen LogP contribution in [-0.2, 0) is 29.2 Å². The third-order valence-corrected chi connectivity index (χ3v) is 4.38. The molecule has 0 aliphatic carbocycles. The Hall–Kier alpha value is -2.82. The quantitative estimate of drug-likeness (QED) is 0.680. The molecule has 0 atom stereocenters. The van der Waals surface area contributed by atoms with Crippen molar-refractivity contribution in [2.45, 2.75) is 39.9 Å². The minimum Gasteiger partial charge on any atom is -0.483 e. The molecule has 1 N–H and O–H groups in total. The number of hydrogen-bond donors (Lipinski definition) is 1. The van der Waals surface area contributed by atoms with Crippen molar-refractivity contribution in [3.63, 3.8) is 0 Å². The van der Waals surface area contributed by atoms with Crippen molar-refractivity contribution in [3.05, 3.63) is 24.5 Å². The van der Waals surface area contributed by atoms with Gasteiger partial charge in [0.15, 0.2) is 0 Å². The van der Waals surface area contributed by atoms with E-state index in [9.17, 15) is 4.79 Å². The van der Waals surface area contributed by atoms with Gasteiger partial charge in [0.2, 0.25) is 5.91 Å². The second-order valence-corrected chi connectivity index (χ2v) is 7.05. The number of carbonyl (C=O) groups excluding carboxylic acids is 1. The van der Waals surface area contributed by atoms with Gasteiger partial charge in [-0.25, -0.2) is 9.67 Å². The number of imidazole rings is 1. The molecule has 11 heteroatoms. The Labute approximate surface area is 163 Å². The smallest absolute Gasteiger partial charge is 0.290 e. The first-order valence-corrected chi connectivity index (χ1v) is 9.31. The lowest BCUT2D eigenvalue weighted by molar-refractivity contribution is -0.132.